The van der Waals surface area contributed by atoms with Gasteiger partial charge in [0.2, 0.25) is 5.91 Å². The largest absolute Gasteiger partial charge is 0.480 e. The van der Waals surface area contributed by atoms with Crippen LogP contribution in [-0.2, 0) is 19.1 Å². The predicted octanol–water partition coefficient (Wildman–Crippen LogP) is 3.44. The Hall–Kier alpha value is -3.39. The summed E-state index contributed by atoms with van der Waals surface area (Å²) in [5.41, 5.74) is 3.82. The Morgan fingerprint density at radius 3 is 2.15 bits per heavy atom. The number of aliphatic carboxylic acids is 1. The molecule has 1 saturated carbocycles. The molecule has 0 aliphatic heterocycles. The van der Waals surface area contributed by atoms with E-state index in [1.165, 1.54) is 7.11 Å². The minimum atomic E-state index is -1.17. The smallest absolute Gasteiger partial charge is 0.407 e. The second kappa shape index (κ2) is 9.85. The van der Waals surface area contributed by atoms with Gasteiger partial charge < -0.3 is 25.2 Å². The minimum Gasteiger partial charge on any atom is -0.480 e. The van der Waals surface area contributed by atoms with E-state index in [2.05, 4.69) is 34.9 Å². The number of alkyl carbamates (subject to hydrolysis) is 1. The molecule has 2 amide bonds. The zero-order chi connectivity index (χ0) is 24.3. The highest BCUT2D eigenvalue weighted by molar-refractivity contribution is 5.85. The van der Waals surface area contributed by atoms with Crippen LogP contribution in [0.4, 0.5) is 4.79 Å². The third-order valence-corrected chi connectivity index (χ3v) is 6.94. The lowest BCUT2D eigenvalue weighted by Gasteiger charge is -2.41. The van der Waals surface area contributed by atoms with E-state index in [1.807, 2.05) is 24.3 Å². The van der Waals surface area contributed by atoms with Gasteiger partial charge in [-0.25, -0.2) is 9.59 Å². The summed E-state index contributed by atoms with van der Waals surface area (Å²) in [6, 6.07) is 15.1. The van der Waals surface area contributed by atoms with Crippen molar-refractivity contribution in [3.63, 3.8) is 0 Å². The van der Waals surface area contributed by atoms with Gasteiger partial charge in [0.25, 0.3) is 0 Å². The monoisotopic (exact) mass is 466 g/mol. The maximum Gasteiger partial charge on any atom is 0.407 e. The fraction of sp³-hybridized carbons (Fsp3) is 0.423. The topological polar surface area (TPSA) is 114 Å². The third kappa shape index (κ3) is 4.77. The number of nitrogens with one attached hydrogen (secondary N) is 2. The molecular weight excluding hydrogens is 436 g/mol. The molecule has 2 aliphatic carbocycles. The molecule has 0 aromatic heterocycles. The molecule has 8 nitrogen and oxygen atoms in total. The van der Waals surface area contributed by atoms with E-state index in [1.54, 1.807) is 6.92 Å². The van der Waals surface area contributed by atoms with E-state index in [-0.39, 0.29) is 18.9 Å². The van der Waals surface area contributed by atoms with E-state index >= 15 is 0 Å². The van der Waals surface area contributed by atoms with Crippen molar-refractivity contribution in [2.75, 3.05) is 13.7 Å². The summed E-state index contributed by atoms with van der Waals surface area (Å²) in [5, 5.41) is 14.8. The summed E-state index contributed by atoms with van der Waals surface area (Å²) in [7, 11) is 1.39. The SMILES string of the molecule is CO[C@H](C)[C@H](NC(=O)CC1(NC(=O)OCC2c3ccccc3-c3ccccc32)CCC1)C(=O)O. The lowest BCUT2D eigenvalue weighted by Crippen LogP contribution is -2.57. The Morgan fingerprint density at radius 2 is 1.65 bits per heavy atom. The van der Waals surface area contributed by atoms with Crippen molar-refractivity contribution in [3.8, 4) is 11.1 Å². The lowest BCUT2D eigenvalue weighted by atomic mass is 9.74. The molecule has 0 saturated heterocycles. The summed E-state index contributed by atoms with van der Waals surface area (Å²) < 4.78 is 10.7. The highest BCUT2D eigenvalue weighted by Crippen LogP contribution is 2.44. The van der Waals surface area contributed by atoms with E-state index in [0.29, 0.717) is 12.8 Å². The molecule has 0 bridgehead atoms. The quantitative estimate of drug-likeness (QED) is 0.522. The number of hydrogen-bond donors (Lipinski definition) is 3. The van der Waals surface area contributed by atoms with E-state index in [0.717, 1.165) is 28.7 Å². The second-order valence-corrected chi connectivity index (χ2v) is 9.09. The number of methoxy groups -OCH3 is 1. The van der Waals surface area contributed by atoms with Crippen molar-refractivity contribution in [2.24, 2.45) is 0 Å². The first kappa shape index (κ1) is 23.8. The third-order valence-electron chi connectivity index (χ3n) is 6.94. The number of carboxylic acids is 1. The molecule has 0 radical (unpaired) electrons. The fourth-order valence-corrected chi connectivity index (χ4v) is 4.85. The number of carboxylic acid groups (broad SMARTS) is 1. The number of fused-ring (bicyclic) bond motifs is 3. The first-order valence-corrected chi connectivity index (χ1v) is 11.5. The Morgan fingerprint density at radius 1 is 1.06 bits per heavy atom. The van der Waals surface area contributed by atoms with E-state index < -0.39 is 35.7 Å². The van der Waals surface area contributed by atoms with E-state index in [4.69, 9.17) is 9.47 Å². The maximum absolute atomic E-state index is 12.7. The number of rotatable bonds is 9. The molecule has 3 N–H and O–H groups in total. The van der Waals surface area contributed by atoms with Crippen LogP contribution in [0.3, 0.4) is 0 Å². The summed E-state index contributed by atoms with van der Waals surface area (Å²) in [6.45, 7) is 1.77. The maximum atomic E-state index is 12.7. The molecular formula is C26H30N2O6. The van der Waals surface area contributed by atoms with Crippen molar-refractivity contribution in [3.05, 3.63) is 59.7 Å². The highest BCUT2D eigenvalue weighted by Gasteiger charge is 2.42. The normalized spacial score (nSPS) is 17.5. The minimum absolute atomic E-state index is 0.0165. The van der Waals surface area contributed by atoms with Crippen LogP contribution in [0.1, 0.15) is 49.7 Å². The number of amides is 2. The Balaban J connectivity index is 1.37. The van der Waals surface area contributed by atoms with E-state index in [9.17, 15) is 19.5 Å². The van der Waals surface area contributed by atoms with Gasteiger partial charge in [0.15, 0.2) is 6.04 Å². The van der Waals surface area contributed by atoms with Crippen molar-refractivity contribution >= 4 is 18.0 Å². The molecule has 0 unspecified atom stereocenters. The summed E-state index contributed by atoms with van der Waals surface area (Å²) in [5.74, 6) is -1.67. The van der Waals surface area contributed by atoms with Crippen molar-refractivity contribution in [2.45, 2.75) is 56.2 Å². The summed E-state index contributed by atoms with van der Waals surface area (Å²) in [4.78, 5) is 36.8. The zero-order valence-corrected chi connectivity index (χ0v) is 19.4. The Kier molecular flexibility index (Phi) is 6.88. The summed E-state index contributed by atoms with van der Waals surface area (Å²) >= 11 is 0. The van der Waals surface area contributed by atoms with Crippen LogP contribution in [-0.4, -0.2) is 54.5 Å². The molecule has 34 heavy (non-hydrogen) atoms. The van der Waals surface area contributed by atoms with Crippen LogP contribution in [0.15, 0.2) is 48.5 Å². The molecule has 2 atom stereocenters. The zero-order valence-electron chi connectivity index (χ0n) is 19.4. The van der Waals surface area contributed by atoms with Crippen LogP contribution in [0.5, 0.6) is 0 Å². The van der Waals surface area contributed by atoms with Crippen molar-refractivity contribution in [1.82, 2.24) is 10.6 Å². The fourth-order valence-electron chi connectivity index (χ4n) is 4.85. The molecule has 180 valence electrons. The van der Waals surface area contributed by atoms with Gasteiger partial charge in [-0.05, 0) is 48.4 Å². The highest BCUT2D eigenvalue weighted by atomic mass is 16.5. The van der Waals surface area contributed by atoms with Crippen LogP contribution < -0.4 is 10.6 Å². The molecule has 0 heterocycles. The Bertz CT molecular complexity index is 1030. The second-order valence-electron chi connectivity index (χ2n) is 9.09. The number of ether oxygens (including phenoxy) is 2. The van der Waals surface area contributed by atoms with Crippen LogP contribution in [0.2, 0.25) is 0 Å². The predicted molar refractivity (Wildman–Crippen MR) is 125 cm³/mol. The van der Waals surface area contributed by atoms with Crippen LogP contribution in [0, 0.1) is 0 Å². The first-order chi connectivity index (χ1) is 16.3. The molecule has 1 fully saturated rings. The van der Waals surface area contributed by atoms with Gasteiger partial charge in [-0.2, -0.15) is 0 Å². The summed E-state index contributed by atoms with van der Waals surface area (Å²) in [6.07, 6.45) is 0.846. The van der Waals surface area contributed by atoms with Crippen molar-refractivity contribution in [1.29, 1.82) is 0 Å². The van der Waals surface area contributed by atoms with Crippen LogP contribution >= 0.6 is 0 Å². The average Bonchev–Trinajstić information content (AvgIpc) is 3.13. The molecule has 8 heteroatoms. The van der Waals surface area contributed by atoms with Gasteiger partial charge >= 0.3 is 12.1 Å². The number of hydrogen-bond acceptors (Lipinski definition) is 5. The van der Waals surface area contributed by atoms with Gasteiger partial charge in [-0.1, -0.05) is 48.5 Å². The first-order valence-electron chi connectivity index (χ1n) is 11.5. The van der Waals surface area contributed by atoms with Gasteiger partial charge in [-0.15, -0.1) is 0 Å². The molecule has 0 spiro atoms. The molecule has 4 rings (SSSR count). The van der Waals surface area contributed by atoms with Gasteiger partial charge in [0.1, 0.15) is 6.61 Å². The molecule has 2 aromatic rings. The van der Waals surface area contributed by atoms with Crippen LogP contribution in [0.25, 0.3) is 11.1 Å². The van der Waals surface area contributed by atoms with Crippen molar-refractivity contribution < 1.29 is 29.0 Å². The van der Waals surface area contributed by atoms with Gasteiger partial charge in [-0.3, -0.25) is 4.79 Å². The lowest BCUT2D eigenvalue weighted by molar-refractivity contribution is -0.145. The number of benzene rings is 2. The van der Waals surface area contributed by atoms with Gasteiger partial charge in [0.05, 0.1) is 11.6 Å². The number of carbonyl (C=O) groups is 3. The standard InChI is InChI=1S/C26H30N2O6/c1-16(33-2)23(24(30)31)27-22(29)14-26(12-7-13-26)28-25(32)34-15-21-19-10-5-3-8-17(19)18-9-4-6-11-20(18)21/h3-6,8-11,16,21,23H,7,12-15H2,1-2H3,(H,27,29)(H,28,32)(H,30,31)/t16-,23+/m1/s1. The average molecular weight is 467 g/mol. The molecule has 2 aromatic carbocycles. The molecule has 2 aliphatic rings. The van der Waals surface area contributed by atoms with Gasteiger partial charge in [0, 0.05) is 19.4 Å². The Labute approximate surface area is 198 Å². The number of carbonyl (C=O) groups excluding carboxylic acids is 2.